The molecule has 1 aromatic heterocycles. The third kappa shape index (κ3) is 4.92. The van der Waals surface area contributed by atoms with Gasteiger partial charge >= 0.3 is 0 Å². The SMILES string of the molecule is CCOc1cc(C2c3c(-c4cc(Cl)ccc4O)n[nH]c3C(=O)N2CCOC)ccc1OCc1ccccc1. The molecule has 1 amide bonds. The Balaban J connectivity index is 1.57. The molecular formula is C29H28ClN3O5. The van der Waals surface area contributed by atoms with Gasteiger partial charge in [-0.25, -0.2) is 0 Å². The Morgan fingerprint density at radius 1 is 1.05 bits per heavy atom. The maximum atomic E-state index is 13.5. The number of carbonyl (C=O) groups is 1. The number of benzene rings is 3. The number of fused-ring (bicyclic) bond motifs is 1. The molecule has 3 aromatic carbocycles. The quantitative estimate of drug-likeness (QED) is 0.275. The lowest BCUT2D eigenvalue weighted by atomic mass is 9.95. The molecule has 1 aliphatic rings. The zero-order valence-corrected chi connectivity index (χ0v) is 21.9. The lowest BCUT2D eigenvalue weighted by Crippen LogP contribution is -2.32. The van der Waals surface area contributed by atoms with E-state index < -0.39 is 6.04 Å². The molecular weight excluding hydrogens is 506 g/mol. The molecule has 9 heteroatoms. The average Bonchev–Trinajstić information content (AvgIpc) is 3.47. The first-order valence-corrected chi connectivity index (χ1v) is 12.7. The van der Waals surface area contributed by atoms with Crippen LogP contribution in [0.25, 0.3) is 11.3 Å². The number of aromatic amines is 1. The first kappa shape index (κ1) is 25.6. The van der Waals surface area contributed by atoms with Gasteiger partial charge in [-0.05, 0) is 48.4 Å². The molecule has 0 saturated heterocycles. The van der Waals surface area contributed by atoms with Crippen LogP contribution in [0.4, 0.5) is 0 Å². The van der Waals surface area contributed by atoms with Crippen molar-refractivity contribution in [1.29, 1.82) is 0 Å². The summed E-state index contributed by atoms with van der Waals surface area (Å²) >= 11 is 6.24. The fraction of sp³-hybridized carbons (Fsp3) is 0.241. The molecule has 2 heterocycles. The maximum Gasteiger partial charge on any atom is 0.273 e. The lowest BCUT2D eigenvalue weighted by Gasteiger charge is -2.27. The molecule has 1 atom stereocenters. The molecule has 0 saturated carbocycles. The molecule has 0 fully saturated rings. The molecule has 0 radical (unpaired) electrons. The van der Waals surface area contributed by atoms with Crippen LogP contribution in [0.15, 0.2) is 66.7 Å². The van der Waals surface area contributed by atoms with Crippen molar-refractivity contribution in [3.05, 3.63) is 94.1 Å². The van der Waals surface area contributed by atoms with E-state index in [-0.39, 0.29) is 11.7 Å². The van der Waals surface area contributed by atoms with Crippen LogP contribution in [0, 0.1) is 0 Å². The highest BCUT2D eigenvalue weighted by Gasteiger charge is 2.42. The average molecular weight is 534 g/mol. The number of ether oxygens (including phenoxy) is 3. The van der Waals surface area contributed by atoms with Crippen molar-refractivity contribution >= 4 is 17.5 Å². The molecule has 0 aliphatic carbocycles. The molecule has 4 aromatic rings. The molecule has 196 valence electrons. The van der Waals surface area contributed by atoms with Crippen molar-refractivity contribution in [2.45, 2.75) is 19.6 Å². The summed E-state index contributed by atoms with van der Waals surface area (Å²) in [5, 5.41) is 18.3. The maximum absolute atomic E-state index is 13.5. The molecule has 0 spiro atoms. The molecule has 38 heavy (non-hydrogen) atoms. The van der Waals surface area contributed by atoms with Gasteiger partial charge in [-0.15, -0.1) is 0 Å². The van der Waals surface area contributed by atoms with Crippen molar-refractivity contribution in [2.75, 3.05) is 26.9 Å². The van der Waals surface area contributed by atoms with Crippen LogP contribution in [0.1, 0.15) is 40.1 Å². The molecule has 2 N–H and O–H groups in total. The number of amides is 1. The summed E-state index contributed by atoms with van der Waals surface area (Å²) in [5.41, 5.74) is 3.77. The normalized spacial score (nSPS) is 14.6. The van der Waals surface area contributed by atoms with E-state index in [1.807, 2.05) is 55.5 Å². The summed E-state index contributed by atoms with van der Waals surface area (Å²) in [6.07, 6.45) is 0. The van der Waals surface area contributed by atoms with E-state index in [2.05, 4.69) is 10.2 Å². The zero-order chi connectivity index (χ0) is 26.6. The number of halogens is 1. The zero-order valence-electron chi connectivity index (χ0n) is 21.1. The van der Waals surface area contributed by atoms with Gasteiger partial charge in [0.25, 0.3) is 5.91 Å². The summed E-state index contributed by atoms with van der Waals surface area (Å²) in [4.78, 5) is 15.2. The van der Waals surface area contributed by atoms with Crippen LogP contribution >= 0.6 is 11.6 Å². The Kier molecular flexibility index (Phi) is 7.53. The highest BCUT2D eigenvalue weighted by Crippen LogP contribution is 2.46. The summed E-state index contributed by atoms with van der Waals surface area (Å²) in [6.45, 7) is 3.47. The van der Waals surface area contributed by atoms with E-state index in [9.17, 15) is 9.90 Å². The number of nitrogens with one attached hydrogen (secondary N) is 1. The fourth-order valence-electron chi connectivity index (χ4n) is 4.68. The third-order valence-corrected chi connectivity index (χ3v) is 6.67. The molecule has 5 rings (SSSR count). The van der Waals surface area contributed by atoms with Gasteiger partial charge in [0.1, 0.15) is 23.7 Å². The molecule has 1 aliphatic heterocycles. The van der Waals surface area contributed by atoms with Gasteiger partial charge in [0, 0.05) is 29.8 Å². The minimum atomic E-state index is -0.498. The Labute approximate surface area is 225 Å². The highest BCUT2D eigenvalue weighted by molar-refractivity contribution is 6.31. The van der Waals surface area contributed by atoms with Gasteiger partial charge in [0.05, 0.1) is 19.3 Å². The summed E-state index contributed by atoms with van der Waals surface area (Å²) in [5.74, 6) is 0.992. The van der Waals surface area contributed by atoms with Crippen LogP contribution in [-0.4, -0.2) is 53.0 Å². The number of methoxy groups -OCH3 is 1. The molecule has 8 nitrogen and oxygen atoms in total. The molecule has 0 bridgehead atoms. The van der Waals surface area contributed by atoms with E-state index in [0.717, 1.165) is 11.1 Å². The molecule has 1 unspecified atom stereocenters. The van der Waals surface area contributed by atoms with Crippen LogP contribution < -0.4 is 9.47 Å². The lowest BCUT2D eigenvalue weighted by molar-refractivity contribution is 0.0677. The van der Waals surface area contributed by atoms with Gasteiger partial charge in [-0.3, -0.25) is 9.89 Å². The van der Waals surface area contributed by atoms with Gasteiger partial charge in [0.2, 0.25) is 0 Å². The van der Waals surface area contributed by atoms with Crippen molar-refractivity contribution in [3.8, 4) is 28.5 Å². The van der Waals surface area contributed by atoms with E-state index in [0.29, 0.717) is 65.4 Å². The smallest absolute Gasteiger partial charge is 0.273 e. The number of H-pyrrole nitrogens is 1. The Morgan fingerprint density at radius 3 is 2.63 bits per heavy atom. The second-order valence-electron chi connectivity index (χ2n) is 8.83. The number of rotatable bonds is 10. The number of phenols is 1. The number of carbonyl (C=O) groups excluding carboxylic acids is 1. The standard InChI is InChI=1S/C29H28ClN3O5/c1-3-37-24-15-19(9-12-23(24)38-17-18-7-5-4-6-8-18)28-25-26(21-16-20(30)10-11-22(21)34)31-32-27(25)29(35)33(28)13-14-36-2/h4-12,15-16,28,34H,3,13-14,17H2,1-2H3,(H,31,32). The van der Waals surface area contributed by atoms with E-state index in [4.69, 9.17) is 25.8 Å². The summed E-state index contributed by atoms with van der Waals surface area (Å²) < 4.78 is 17.3. The highest BCUT2D eigenvalue weighted by atomic mass is 35.5. The van der Waals surface area contributed by atoms with Gasteiger partial charge in [-0.1, -0.05) is 48.0 Å². The van der Waals surface area contributed by atoms with Gasteiger partial charge < -0.3 is 24.2 Å². The minimum Gasteiger partial charge on any atom is -0.507 e. The Bertz CT molecular complexity index is 1440. The number of hydrogen-bond donors (Lipinski definition) is 2. The van der Waals surface area contributed by atoms with E-state index >= 15 is 0 Å². The van der Waals surface area contributed by atoms with Crippen LogP contribution in [0.3, 0.4) is 0 Å². The third-order valence-electron chi connectivity index (χ3n) is 6.43. The van der Waals surface area contributed by atoms with Crippen molar-refractivity contribution in [3.63, 3.8) is 0 Å². The topological polar surface area (TPSA) is 96.9 Å². The van der Waals surface area contributed by atoms with Crippen molar-refractivity contribution < 1.29 is 24.1 Å². The largest absolute Gasteiger partial charge is 0.507 e. The second-order valence-corrected chi connectivity index (χ2v) is 9.27. The number of aromatic hydroxyl groups is 1. The minimum absolute atomic E-state index is 0.0184. The monoisotopic (exact) mass is 533 g/mol. The predicted molar refractivity (Wildman–Crippen MR) is 144 cm³/mol. The number of aromatic nitrogens is 2. The van der Waals surface area contributed by atoms with E-state index in [1.165, 1.54) is 6.07 Å². The van der Waals surface area contributed by atoms with E-state index in [1.54, 1.807) is 24.1 Å². The van der Waals surface area contributed by atoms with Crippen molar-refractivity contribution in [2.24, 2.45) is 0 Å². The van der Waals surface area contributed by atoms with Gasteiger partial charge in [0.15, 0.2) is 11.5 Å². The van der Waals surface area contributed by atoms with Crippen LogP contribution in [-0.2, 0) is 11.3 Å². The number of phenolic OH excluding ortho intramolecular Hbond substituents is 1. The number of hydrogen-bond acceptors (Lipinski definition) is 6. The summed E-state index contributed by atoms with van der Waals surface area (Å²) in [6, 6.07) is 19.8. The second kappa shape index (κ2) is 11.2. The Hall–Kier alpha value is -4.01. The van der Waals surface area contributed by atoms with Crippen molar-refractivity contribution in [1.82, 2.24) is 15.1 Å². The Morgan fingerprint density at radius 2 is 1.87 bits per heavy atom. The number of nitrogens with zero attached hydrogens (tertiary/aromatic N) is 2. The predicted octanol–water partition coefficient (Wildman–Crippen LogP) is 5.61. The first-order chi connectivity index (χ1) is 18.5. The fourth-order valence-corrected chi connectivity index (χ4v) is 4.86. The first-order valence-electron chi connectivity index (χ1n) is 12.3. The van der Waals surface area contributed by atoms with Crippen LogP contribution in [0.2, 0.25) is 5.02 Å². The van der Waals surface area contributed by atoms with Crippen LogP contribution in [0.5, 0.6) is 17.2 Å². The summed E-state index contributed by atoms with van der Waals surface area (Å²) in [7, 11) is 1.60. The van der Waals surface area contributed by atoms with Gasteiger partial charge in [-0.2, -0.15) is 5.10 Å².